The molecule has 0 aliphatic heterocycles. The Kier molecular flexibility index (Phi) is 8.02. The topological polar surface area (TPSA) is 77.8 Å². The van der Waals surface area contributed by atoms with Crippen LogP contribution < -0.4 is 0 Å². The molecular weight excluding hydrogens is 336 g/mol. The Labute approximate surface area is 155 Å². The molecule has 1 heterocycles. The van der Waals surface area contributed by atoms with E-state index in [1.165, 1.54) is 19.1 Å². The average molecular weight is 366 g/mol. The number of nitrogens with zero attached hydrogens (tertiary/aromatic N) is 2. The number of Topliss-reactive ketones (excluding diaryl/α,β-unsaturated/α-hetero) is 1. The second-order valence-corrected chi connectivity index (χ2v) is 6.69. The van der Waals surface area contributed by atoms with E-state index < -0.39 is 5.97 Å². The number of hydrogen-bond acceptors (Lipinski definition) is 5. The maximum absolute atomic E-state index is 13.0. The van der Waals surface area contributed by atoms with Crippen LogP contribution in [-0.4, -0.2) is 61.0 Å². The van der Waals surface area contributed by atoms with Gasteiger partial charge in [-0.1, -0.05) is 13.8 Å². The molecule has 1 amide bonds. The van der Waals surface area contributed by atoms with Crippen LogP contribution in [0.5, 0.6) is 0 Å². The van der Waals surface area contributed by atoms with Crippen molar-refractivity contribution in [2.45, 2.75) is 41.2 Å². The Hall–Kier alpha value is -2.15. The lowest BCUT2D eigenvalue weighted by atomic mass is 10.0. The van der Waals surface area contributed by atoms with E-state index in [1.807, 2.05) is 20.8 Å². The number of ketones is 1. The lowest BCUT2D eigenvalue weighted by Gasteiger charge is -2.23. The van der Waals surface area contributed by atoms with Crippen molar-refractivity contribution < 1.29 is 23.9 Å². The van der Waals surface area contributed by atoms with Gasteiger partial charge in [-0.25, -0.2) is 4.79 Å². The summed E-state index contributed by atoms with van der Waals surface area (Å²) >= 11 is 0. The summed E-state index contributed by atoms with van der Waals surface area (Å²) in [5, 5.41) is 0. The molecule has 0 bridgehead atoms. The highest BCUT2D eigenvalue weighted by atomic mass is 16.5. The lowest BCUT2D eigenvalue weighted by Crippen LogP contribution is -2.40. The van der Waals surface area contributed by atoms with Crippen molar-refractivity contribution in [1.82, 2.24) is 9.47 Å². The summed E-state index contributed by atoms with van der Waals surface area (Å²) < 4.78 is 11.6. The molecular formula is C19H30N2O5. The van der Waals surface area contributed by atoms with Crippen LogP contribution in [0, 0.1) is 19.8 Å². The van der Waals surface area contributed by atoms with E-state index in [0.29, 0.717) is 35.6 Å². The van der Waals surface area contributed by atoms with Gasteiger partial charge in [0.05, 0.1) is 13.7 Å². The summed E-state index contributed by atoms with van der Waals surface area (Å²) in [5.74, 6) is -0.673. The minimum absolute atomic E-state index is 0.0452. The highest BCUT2D eigenvalue weighted by molar-refractivity contribution is 6.04. The quantitative estimate of drug-likeness (QED) is 0.495. The Morgan fingerprint density at radius 3 is 2.23 bits per heavy atom. The average Bonchev–Trinajstić information content (AvgIpc) is 2.83. The van der Waals surface area contributed by atoms with E-state index in [-0.39, 0.29) is 30.8 Å². The summed E-state index contributed by atoms with van der Waals surface area (Å²) in [6.07, 6.45) is 0. The van der Waals surface area contributed by atoms with Crippen molar-refractivity contribution in [3.05, 3.63) is 22.5 Å². The SMILES string of the molecule is CCn1c(C)c(C(=O)CN(CC(C)C)C(=O)COC)c(C)c1C(=O)OC. The normalized spacial score (nSPS) is 10.9. The molecule has 1 aromatic rings. The number of ether oxygens (including phenoxy) is 2. The predicted molar refractivity (Wildman–Crippen MR) is 98.5 cm³/mol. The third-order valence-electron chi connectivity index (χ3n) is 4.28. The van der Waals surface area contributed by atoms with E-state index in [9.17, 15) is 14.4 Å². The van der Waals surface area contributed by atoms with Gasteiger partial charge in [0.1, 0.15) is 12.3 Å². The fraction of sp³-hybridized carbons (Fsp3) is 0.632. The Balaban J connectivity index is 3.24. The van der Waals surface area contributed by atoms with E-state index in [1.54, 1.807) is 18.4 Å². The van der Waals surface area contributed by atoms with E-state index in [0.717, 1.165) is 0 Å². The molecule has 0 radical (unpaired) electrons. The minimum atomic E-state index is -0.471. The molecule has 0 unspecified atom stereocenters. The predicted octanol–water partition coefficient (Wildman–Crippen LogP) is 2.23. The van der Waals surface area contributed by atoms with Crippen LogP contribution in [0.25, 0.3) is 0 Å². The van der Waals surface area contributed by atoms with Crippen molar-refractivity contribution in [3.63, 3.8) is 0 Å². The number of carbonyl (C=O) groups is 3. The van der Waals surface area contributed by atoms with Crippen LogP contribution in [0.4, 0.5) is 0 Å². The maximum Gasteiger partial charge on any atom is 0.354 e. The van der Waals surface area contributed by atoms with Crippen LogP contribution in [0.3, 0.4) is 0 Å². The first kappa shape index (κ1) is 21.9. The monoisotopic (exact) mass is 366 g/mol. The molecule has 26 heavy (non-hydrogen) atoms. The first-order chi connectivity index (χ1) is 12.2. The number of carbonyl (C=O) groups excluding carboxylic acids is 3. The molecule has 0 aliphatic rings. The third-order valence-corrected chi connectivity index (χ3v) is 4.28. The van der Waals surface area contributed by atoms with Crippen molar-refractivity contribution in [2.24, 2.45) is 5.92 Å². The molecule has 0 aliphatic carbocycles. The van der Waals surface area contributed by atoms with Gasteiger partial charge in [0, 0.05) is 31.5 Å². The van der Waals surface area contributed by atoms with E-state index in [4.69, 9.17) is 9.47 Å². The summed E-state index contributed by atoms with van der Waals surface area (Å²) in [5.41, 5.74) is 2.16. The van der Waals surface area contributed by atoms with Gasteiger partial charge in [0.15, 0.2) is 5.78 Å². The molecule has 0 saturated heterocycles. The molecule has 1 aromatic heterocycles. The zero-order valence-electron chi connectivity index (χ0n) is 16.8. The second-order valence-electron chi connectivity index (χ2n) is 6.69. The fourth-order valence-electron chi connectivity index (χ4n) is 3.22. The van der Waals surface area contributed by atoms with Gasteiger partial charge in [-0.2, -0.15) is 0 Å². The van der Waals surface area contributed by atoms with Gasteiger partial charge in [-0.3, -0.25) is 9.59 Å². The summed E-state index contributed by atoms with van der Waals surface area (Å²) in [4.78, 5) is 38.9. The summed E-state index contributed by atoms with van der Waals surface area (Å²) in [6.45, 7) is 10.3. The van der Waals surface area contributed by atoms with Crippen LogP contribution in [-0.2, 0) is 20.8 Å². The number of aromatic nitrogens is 1. The van der Waals surface area contributed by atoms with E-state index >= 15 is 0 Å². The van der Waals surface area contributed by atoms with Crippen molar-refractivity contribution in [3.8, 4) is 0 Å². The first-order valence-corrected chi connectivity index (χ1v) is 8.77. The van der Waals surface area contributed by atoms with Crippen molar-refractivity contribution in [1.29, 1.82) is 0 Å². The molecule has 1 rings (SSSR count). The Bertz CT molecular complexity index is 676. The number of methoxy groups -OCH3 is 2. The van der Waals surface area contributed by atoms with Crippen LogP contribution in [0.2, 0.25) is 0 Å². The molecule has 0 saturated carbocycles. The molecule has 0 spiro atoms. The number of esters is 1. The van der Waals surface area contributed by atoms with E-state index in [2.05, 4.69) is 0 Å². The van der Waals surface area contributed by atoms with Gasteiger partial charge >= 0.3 is 5.97 Å². The minimum Gasteiger partial charge on any atom is -0.464 e. The van der Waals surface area contributed by atoms with Gasteiger partial charge in [-0.05, 0) is 32.3 Å². The van der Waals surface area contributed by atoms with Gasteiger partial charge < -0.3 is 18.9 Å². The molecule has 0 aromatic carbocycles. The lowest BCUT2D eigenvalue weighted by molar-refractivity contribution is -0.135. The number of rotatable bonds is 9. The maximum atomic E-state index is 13.0. The standard InChI is InChI=1S/C19H30N2O5/c1-8-21-14(5)17(13(4)18(21)19(24)26-7)15(22)10-20(9-12(2)3)16(23)11-25-6/h12H,8-11H2,1-7H3. The van der Waals surface area contributed by atoms with Crippen LogP contribution in [0.1, 0.15) is 52.9 Å². The Morgan fingerprint density at radius 2 is 1.77 bits per heavy atom. The van der Waals surface area contributed by atoms with Gasteiger partial charge in [0.25, 0.3) is 0 Å². The molecule has 7 nitrogen and oxygen atoms in total. The summed E-state index contributed by atoms with van der Waals surface area (Å²) in [7, 11) is 2.77. The molecule has 0 N–H and O–H groups in total. The van der Waals surface area contributed by atoms with Gasteiger partial charge in [0.2, 0.25) is 5.91 Å². The zero-order chi connectivity index (χ0) is 20.0. The smallest absolute Gasteiger partial charge is 0.354 e. The molecule has 146 valence electrons. The number of hydrogen-bond donors (Lipinski definition) is 0. The van der Waals surface area contributed by atoms with Crippen molar-refractivity contribution in [2.75, 3.05) is 33.9 Å². The van der Waals surface area contributed by atoms with Crippen LogP contribution >= 0.6 is 0 Å². The molecule has 0 atom stereocenters. The van der Waals surface area contributed by atoms with Crippen molar-refractivity contribution >= 4 is 17.7 Å². The molecule has 7 heteroatoms. The largest absolute Gasteiger partial charge is 0.464 e. The third kappa shape index (κ3) is 4.72. The highest BCUT2D eigenvalue weighted by Crippen LogP contribution is 2.24. The second kappa shape index (κ2) is 9.52. The Morgan fingerprint density at radius 1 is 1.15 bits per heavy atom. The zero-order valence-corrected chi connectivity index (χ0v) is 16.8. The van der Waals surface area contributed by atoms with Crippen LogP contribution in [0.15, 0.2) is 0 Å². The van der Waals surface area contributed by atoms with Gasteiger partial charge in [-0.15, -0.1) is 0 Å². The summed E-state index contributed by atoms with van der Waals surface area (Å²) in [6, 6.07) is 0. The first-order valence-electron chi connectivity index (χ1n) is 8.77. The highest BCUT2D eigenvalue weighted by Gasteiger charge is 2.28. The fourth-order valence-corrected chi connectivity index (χ4v) is 3.22. The number of amides is 1. The molecule has 0 fully saturated rings.